The lowest BCUT2D eigenvalue weighted by Gasteiger charge is -2.10. The lowest BCUT2D eigenvalue weighted by atomic mass is 9.96. The summed E-state index contributed by atoms with van der Waals surface area (Å²) in [7, 11) is 0. The molecule has 0 radical (unpaired) electrons. The highest BCUT2D eigenvalue weighted by molar-refractivity contribution is 6.17. The third kappa shape index (κ3) is 6.45. The van der Waals surface area contributed by atoms with Gasteiger partial charge in [-0.3, -0.25) is 0 Å². The van der Waals surface area contributed by atoms with E-state index in [1.807, 2.05) is 60.7 Å². The summed E-state index contributed by atoms with van der Waals surface area (Å²) in [6.45, 7) is 0. The van der Waals surface area contributed by atoms with Crippen molar-refractivity contribution in [1.29, 1.82) is 0 Å². The van der Waals surface area contributed by atoms with Crippen LogP contribution in [0.2, 0.25) is 0 Å². The van der Waals surface area contributed by atoms with E-state index in [2.05, 4.69) is 174 Å². The summed E-state index contributed by atoms with van der Waals surface area (Å²) >= 11 is 0. The molecule has 69 heavy (non-hydrogen) atoms. The van der Waals surface area contributed by atoms with E-state index in [0.717, 1.165) is 99.5 Å². The molecule has 0 atom stereocenters. The fourth-order valence-electron chi connectivity index (χ4n) is 10.2. The molecule has 0 unspecified atom stereocenters. The first kappa shape index (κ1) is 38.8. The molecule has 0 saturated carbocycles. The van der Waals surface area contributed by atoms with Gasteiger partial charge in [-0.25, -0.2) is 15.0 Å². The predicted octanol–water partition coefficient (Wildman–Crippen LogP) is 16.8. The van der Waals surface area contributed by atoms with Crippen LogP contribution in [0.5, 0.6) is 0 Å². The van der Waals surface area contributed by atoms with Gasteiger partial charge in [-0.2, -0.15) is 0 Å². The van der Waals surface area contributed by atoms with Gasteiger partial charge in [0.05, 0.1) is 11.0 Å². The van der Waals surface area contributed by atoms with E-state index < -0.39 is 0 Å². The molecule has 0 saturated heterocycles. The summed E-state index contributed by atoms with van der Waals surface area (Å²) < 4.78 is 15.7. The molecule has 0 aliphatic rings. The van der Waals surface area contributed by atoms with Crippen molar-refractivity contribution in [2.45, 2.75) is 0 Å². The van der Waals surface area contributed by atoms with Crippen LogP contribution in [0, 0.1) is 0 Å². The molecule has 6 heteroatoms. The molecule has 0 bridgehead atoms. The number of furan rings is 2. The topological polar surface area (TPSA) is 69.9 Å². The number of para-hydroxylation sites is 2. The first-order valence-corrected chi connectivity index (χ1v) is 23.2. The number of benzene rings is 10. The average molecular weight is 883 g/mol. The largest absolute Gasteiger partial charge is 0.456 e. The molecular weight excluding hydrogens is 845 g/mol. The molecule has 0 spiro atoms. The molecule has 0 aliphatic carbocycles. The Morgan fingerprint density at radius 2 is 0.826 bits per heavy atom. The van der Waals surface area contributed by atoms with Gasteiger partial charge in [-0.15, -0.1) is 0 Å². The van der Waals surface area contributed by atoms with Gasteiger partial charge >= 0.3 is 0 Å². The van der Waals surface area contributed by atoms with E-state index in [4.69, 9.17) is 23.8 Å². The van der Waals surface area contributed by atoms with Gasteiger partial charge in [0.2, 0.25) is 0 Å². The number of hydrogen-bond donors (Lipinski definition) is 0. The van der Waals surface area contributed by atoms with Crippen molar-refractivity contribution in [3.05, 3.63) is 231 Å². The standard InChI is InChI=1S/C63H38N4O2/c1-4-15-39(16-5-1)42-29-32-55-51(36-42)49-23-10-11-27-54(49)67(55)46-31-34-57-53(38-46)52-37-44(30-33-56(52)68-57)48-25-13-26-50-59-47(24-14-28-58(59)69-60(48)50)43-21-12-22-45(35-43)63-65-61(40-17-6-2-7-18-40)64-62(66-63)41-19-8-3-9-20-41/h1-38H. The van der Waals surface area contributed by atoms with E-state index in [1.165, 1.54) is 21.9 Å². The van der Waals surface area contributed by atoms with Gasteiger partial charge in [-0.1, -0.05) is 170 Å². The third-order valence-electron chi connectivity index (χ3n) is 13.5. The molecule has 14 aromatic rings. The molecule has 0 fully saturated rings. The Morgan fingerprint density at radius 1 is 0.290 bits per heavy atom. The average Bonchev–Trinajstić information content (AvgIpc) is 4.10. The summed E-state index contributed by atoms with van der Waals surface area (Å²) in [4.78, 5) is 15.0. The zero-order valence-corrected chi connectivity index (χ0v) is 37.0. The lowest BCUT2D eigenvalue weighted by molar-refractivity contribution is 0.668. The Balaban J connectivity index is 0.871. The number of hydrogen-bond acceptors (Lipinski definition) is 5. The molecule has 0 N–H and O–H groups in total. The highest BCUT2D eigenvalue weighted by Gasteiger charge is 2.20. The summed E-state index contributed by atoms with van der Waals surface area (Å²) in [5.74, 6) is 1.87. The van der Waals surface area contributed by atoms with Crippen molar-refractivity contribution < 1.29 is 8.83 Å². The molecule has 322 valence electrons. The summed E-state index contributed by atoms with van der Waals surface area (Å²) in [6, 6.07) is 80.4. The van der Waals surface area contributed by atoms with Crippen LogP contribution >= 0.6 is 0 Å². The minimum absolute atomic E-state index is 0.609. The second kappa shape index (κ2) is 15.6. The second-order valence-electron chi connectivity index (χ2n) is 17.5. The van der Waals surface area contributed by atoms with E-state index in [0.29, 0.717) is 17.5 Å². The maximum Gasteiger partial charge on any atom is 0.164 e. The summed E-state index contributed by atoms with van der Waals surface area (Å²) in [5.41, 5.74) is 16.1. The predicted molar refractivity (Wildman–Crippen MR) is 281 cm³/mol. The minimum Gasteiger partial charge on any atom is -0.456 e. The molecule has 4 aromatic heterocycles. The molecule has 0 aliphatic heterocycles. The fourth-order valence-corrected chi connectivity index (χ4v) is 10.2. The quantitative estimate of drug-likeness (QED) is 0.159. The van der Waals surface area contributed by atoms with Crippen LogP contribution < -0.4 is 0 Å². The lowest BCUT2D eigenvalue weighted by Crippen LogP contribution is -2.00. The maximum absolute atomic E-state index is 6.85. The number of rotatable bonds is 7. The summed E-state index contributed by atoms with van der Waals surface area (Å²) in [6.07, 6.45) is 0. The maximum atomic E-state index is 6.85. The molecule has 14 rings (SSSR count). The van der Waals surface area contributed by atoms with Gasteiger partial charge in [0, 0.05) is 60.3 Å². The minimum atomic E-state index is 0.609. The van der Waals surface area contributed by atoms with Crippen molar-refractivity contribution in [2.24, 2.45) is 0 Å². The van der Waals surface area contributed by atoms with Gasteiger partial charge in [0.15, 0.2) is 17.5 Å². The number of fused-ring (bicyclic) bond motifs is 9. The zero-order valence-electron chi connectivity index (χ0n) is 37.0. The highest BCUT2D eigenvalue weighted by atomic mass is 16.3. The Morgan fingerprint density at radius 3 is 1.59 bits per heavy atom. The van der Waals surface area contributed by atoms with Crippen LogP contribution in [-0.2, 0) is 0 Å². The smallest absolute Gasteiger partial charge is 0.164 e. The van der Waals surface area contributed by atoms with Gasteiger partial charge in [0.25, 0.3) is 0 Å². The zero-order chi connectivity index (χ0) is 45.4. The number of nitrogens with zero attached hydrogens (tertiary/aromatic N) is 4. The Kier molecular flexibility index (Phi) is 8.79. The second-order valence-corrected chi connectivity index (χ2v) is 17.5. The molecule has 6 nitrogen and oxygen atoms in total. The highest BCUT2D eigenvalue weighted by Crippen LogP contribution is 2.43. The van der Waals surface area contributed by atoms with Crippen molar-refractivity contribution in [1.82, 2.24) is 19.5 Å². The normalized spacial score (nSPS) is 11.8. The first-order chi connectivity index (χ1) is 34.2. The van der Waals surface area contributed by atoms with E-state index in [-0.39, 0.29) is 0 Å². The van der Waals surface area contributed by atoms with Gasteiger partial charge in [-0.05, 0) is 88.5 Å². The Labute approximate surface area is 396 Å². The van der Waals surface area contributed by atoms with Crippen molar-refractivity contribution >= 4 is 65.7 Å². The van der Waals surface area contributed by atoms with Crippen LogP contribution in [-0.4, -0.2) is 19.5 Å². The van der Waals surface area contributed by atoms with Crippen LogP contribution in [0.15, 0.2) is 239 Å². The molecule has 10 aromatic carbocycles. The molecular formula is C63H38N4O2. The van der Waals surface area contributed by atoms with Gasteiger partial charge in [0.1, 0.15) is 22.3 Å². The van der Waals surface area contributed by atoms with Crippen LogP contribution in [0.25, 0.3) is 139 Å². The monoisotopic (exact) mass is 882 g/mol. The molecule has 0 amide bonds. The van der Waals surface area contributed by atoms with Crippen molar-refractivity contribution in [2.75, 3.05) is 0 Å². The SMILES string of the molecule is c1ccc(-c2ccc3c(c2)c2ccccc2n3-c2ccc3oc4ccc(-c5cccc6c5oc5cccc(-c7cccc(-c8nc(-c9ccccc9)nc(-c9ccccc9)n8)c7)c56)cc4c3c2)cc1. The van der Waals surface area contributed by atoms with Crippen LogP contribution in [0.3, 0.4) is 0 Å². The van der Waals surface area contributed by atoms with E-state index in [1.54, 1.807) is 0 Å². The van der Waals surface area contributed by atoms with Crippen molar-refractivity contribution in [3.63, 3.8) is 0 Å². The van der Waals surface area contributed by atoms with Gasteiger partial charge < -0.3 is 13.4 Å². The van der Waals surface area contributed by atoms with E-state index in [9.17, 15) is 0 Å². The Hall–Kier alpha value is -9.39. The van der Waals surface area contributed by atoms with E-state index >= 15 is 0 Å². The van der Waals surface area contributed by atoms with Crippen LogP contribution in [0.1, 0.15) is 0 Å². The molecule has 4 heterocycles. The fraction of sp³-hybridized carbons (Fsp3) is 0. The third-order valence-corrected chi connectivity index (χ3v) is 13.5. The van der Waals surface area contributed by atoms with Crippen molar-refractivity contribution in [3.8, 4) is 73.2 Å². The summed E-state index contributed by atoms with van der Waals surface area (Å²) in [5, 5.41) is 6.64. The Bertz CT molecular complexity index is 4250. The first-order valence-electron chi connectivity index (χ1n) is 23.2. The van der Waals surface area contributed by atoms with Crippen LogP contribution in [0.4, 0.5) is 0 Å². The number of aromatic nitrogens is 4.